The maximum atomic E-state index is 10.9. The van der Waals surface area contributed by atoms with Gasteiger partial charge < -0.3 is 15.6 Å². The Labute approximate surface area is 126 Å². The number of hydrogen-bond acceptors (Lipinski definition) is 5. The number of nitrogens with two attached hydrogens (primary N) is 1. The summed E-state index contributed by atoms with van der Waals surface area (Å²) < 4.78 is 5.58. The summed E-state index contributed by atoms with van der Waals surface area (Å²) in [6.45, 7) is 1.24. The average molecular weight is 307 g/mol. The third-order valence-corrected chi connectivity index (χ3v) is 4.98. The zero-order chi connectivity index (χ0) is 14.9. The van der Waals surface area contributed by atoms with Gasteiger partial charge in [0.1, 0.15) is 0 Å². The number of aliphatic imine (C=N–C) groups is 1. The van der Waals surface area contributed by atoms with E-state index in [1.54, 1.807) is 0 Å². The Balaban J connectivity index is 2.05. The number of anilines is 1. The molecule has 6 nitrogen and oxygen atoms in total. The van der Waals surface area contributed by atoms with E-state index in [0.717, 1.165) is 17.7 Å². The molecular weight excluding hydrogens is 290 g/mol. The molecule has 1 aromatic carbocycles. The minimum absolute atomic E-state index is 0.220. The number of fused-ring (bicyclic) bond motifs is 1. The highest BCUT2D eigenvalue weighted by molar-refractivity contribution is 8.13. The number of rotatable bonds is 1. The summed E-state index contributed by atoms with van der Waals surface area (Å²) in [6.07, 6.45) is -0.360. The molecule has 21 heavy (non-hydrogen) atoms. The minimum Gasteiger partial charge on any atom is -0.465 e. The van der Waals surface area contributed by atoms with Crippen LogP contribution in [0.25, 0.3) is 0 Å². The summed E-state index contributed by atoms with van der Waals surface area (Å²) in [5.74, 6) is 0.992. The van der Waals surface area contributed by atoms with E-state index in [9.17, 15) is 4.79 Å². The maximum Gasteiger partial charge on any atom is 0.410 e. The number of hydrogen-bond donors (Lipinski definition) is 3. The number of benzene rings is 1. The molecule has 2 heterocycles. The number of amidine groups is 1. The van der Waals surface area contributed by atoms with Crippen LogP contribution in [0.15, 0.2) is 29.3 Å². The summed E-state index contributed by atoms with van der Waals surface area (Å²) in [7, 11) is 0. The molecule has 3 rings (SSSR count). The van der Waals surface area contributed by atoms with Crippen LogP contribution < -0.4 is 11.1 Å². The molecule has 1 saturated heterocycles. The van der Waals surface area contributed by atoms with Gasteiger partial charge in [-0.25, -0.2) is 4.79 Å². The second kappa shape index (κ2) is 5.57. The van der Waals surface area contributed by atoms with Gasteiger partial charge in [-0.05, 0) is 17.7 Å². The molecule has 1 fully saturated rings. The zero-order valence-electron chi connectivity index (χ0n) is 11.4. The molecule has 0 saturated carbocycles. The van der Waals surface area contributed by atoms with E-state index < -0.39 is 11.6 Å². The van der Waals surface area contributed by atoms with Crippen molar-refractivity contribution in [1.82, 2.24) is 5.32 Å². The molecule has 1 amide bonds. The molecule has 0 aromatic heterocycles. The fraction of sp³-hybridized carbons (Fsp3) is 0.429. The van der Waals surface area contributed by atoms with Crippen LogP contribution in [0.2, 0.25) is 0 Å². The third kappa shape index (κ3) is 2.71. The van der Waals surface area contributed by atoms with Crippen molar-refractivity contribution in [3.05, 3.63) is 29.8 Å². The molecule has 1 unspecified atom stereocenters. The number of thioether (sulfide) groups is 1. The van der Waals surface area contributed by atoms with Gasteiger partial charge in [0.25, 0.3) is 0 Å². The van der Waals surface area contributed by atoms with Gasteiger partial charge in [0.2, 0.25) is 0 Å². The minimum atomic E-state index is -1.09. The Morgan fingerprint density at radius 3 is 3.19 bits per heavy atom. The lowest BCUT2D eigenvalue weighted by atomic mass is 9.76. The van der Waals surface area contributed by atoms with Gasteiger partial charge in [-0.2, -0.15) is 0 Å². The first-order valence-electron chi connectivity index (χ1n) is 6.76. The number of ether oxygens (including phenoxy) is 1. The lowest BCUT2D eigenvalue weighted by Crippen LogP contribution is -2.47. The third-order valence-electron chi connectivity index (χ3n) is 3.94. The predicted molar refractivity (Wildman–Crippen MR) is 82.5 cm³/mol. The van der Waals surface area contributed by atoms with E-state index >= 15 is 0 Å². The number of nitrogens with one attached hydrogen (secondary N) is 1. The highest BCUT2D eigenvalue weighted by Gasteiger charge is 2.45. The summed E-state index contributed by atoms with van der Waals surface area (Å²) in [4.78, 5) is 15.6. The van der Waals surface area contributed by atoms with Crippen molar-refractivity contribution in [3.63, 3.8) is 0 Å². The van der Waals surface area contributed by atoms with Crippen molar-refractivity contribution in [1.29, 1.82) is 0 Å². The predicted octanol–water partition coefficient (Wildman–Crippen LogP) is 1.87. The molecular formula is C14H17N3O3S. The van der Waals surface area contributed by atoms with Crippen LogP contribution in [-0.4, -0.2) is 35.3 Å². The van der Waals surface area contributed by atoms with Gasteiger partial charge in [0.15, 0.2) is 5.17 Å². The number of carbonyl (C=O) groups is 1. The highest BCUT2D eigenvalue weighted by Crippen LogP contribution is 2.45. The largest absolute Gasteiger partial charge is 0.465 e. The average Bonchev–Trinajstić information content (AvgIpc) is 2.46. The van der Waals surface area contributed by atoms with E-state index in [1.165, 1.54) is 11.8 Å². The van der Waals surface area contributed by atoms with Gasteiger partial charge in [-0.1, -0.05) is 23.9 Å². The topological polar surface area (TPSA) is 96.9 Å². The first-order valence-corrected chi connectivity index (χ1v) is 7.75. The molecule has 4 N–H and O–H groups in total. The van der Waals surface area contributed by atoms with E-state index in [2.05, 4.69) is 5.32 Å². The molecule has 2 aliphatic heterocycles. The Morgan fingerprint density at radius 1 is 1.57 bits per heavy atom. The Kier molecular flexibility index (Phi) is 3.77. The van der Waals surface area contributed by atoms with Gasteiger partial charge >= 0.3 is 6.09 Å². The maximum absolute atomic E-state index is 10.9. The second-order valence-corrected chi connectivity index (χ2v) is 6.24. The zero-order valence-corrected chi connectivity index (χ0v) is 12.2. The van der Waals surface area contributed by atoms with Crippen molar-refractivity contribution in [3.8, 4) is 0 Å². The monoisotopic (exact) mass is 307 g/mol. The van der Waals surface area contributed by atoms with Gasteiger partial charge in [-0.15, -0.1) is 0 Å². The van der Waals surface area contributed by atoms with Crippen molar-refractivity contribution in [2.24, 2.45) is 10.9 Å². The van der Waals surface area contributed by atoms with Crippen LogP contribution in [0, 0.1) is 5.92 Å². The van der Waals surface area contributed by atoms with Crippen molar-refractivity contribution in [2.75, 3.05) is 24.7 Å². The molecule has 2 aliphatic rings. The van der Waals surface area contributed by atoms with E-state index in [0.29, 0.717) is 24.1 Å². The number of carboxylic acid groups (broad SMARTS) is 1. The molecule has 7 heteroatoms. The van der Waals surface area contributed by atoms with Gasteiger partial charge in [-0.3, -0.25) is 10.3 Å². The standard InChI is InChI=1S/C14H17N3O3S/c15-11-3-1-2-9(6-11)14-4-5-20-7-10(14)8-21-12(17-14)16-13(18)19/h1-3,6,10H,4-5,7-8,15H2,(H,16,17)(H,18,19)/t10?,14-/m1/s1. The molecule has 1 aromatic rings. The fourth-order valence-corrected chi connectivity index (χ4v) is 4.05. The Bertz CT molecular complexity index is 593. The quantitative estimate of drug-likeness (QED) is 0.688. The molecule has 2 atom stereocenters. The van der Waals surface area contributed by atoms with Crippen molar-refractivity contribution >= 4 is 28.7 Å². The Morgan fingerprint density at radius 2 is 2.43 bits per heavy atom. The highest BCUT2D eigenvalue weighted by atomic mass is 32.2. The van der Waals surface area contributed by atoms with Crippen molar-refractivity contribution < 1.29 is 14.6 Å². The first kappa shape index (κ1) is 14.2. The molecule has 0 aliphatic carbocycles. The summed E-state index contributed by atoms with van der Waals surface area (Å²) in [5.41, 5.74) is 7.17. The van der Waals surface area contributed by atoms with Crippen molar-refractivity contribution in [2.45, 2.75) is 12.0 Å². The van der Waals surface area contributed by atoms with Crippen LogP contribution in [0.3, 0.4) is 0 Å². The smallest absolute Gasteiger partial charge is 0.410 e. The molecule has 0 radical (unpaired) electrons. The SMILES string of the molecule is Nc1cccc([C@]23CCOCC2CSC(NC(=O)O)=N3)c1. The lowest BCUT2D eigenvalue weighted by molar-refractivity contribution is 0.0100. The fourth-order valence-electron chi connectivity index (χ4n) is 2.93. The first-order chi connectivity index (χ1) is 10.1. The number of amides is 1. The van der Waals surface area contributed by atoms with E-state index in [1.807, 2.05) is 24.3 Å². The van der Waals surface area contributed by atoms with Gasteiger partial charge in [0, 0.05) is 30.4 Å². The van der Waals surface area contributed by atoms with E-state index in [-0.39, 0.29) is 5.92 Å². The summed E-state index contributed by atoms with van der Waals surface area (Å²) in [6, 6.07) is 7.68. The summed E-state index contributed by atoms with van der Waals surface area (Å²) >= 11 is 1.42. The van der Waals surface area contributed by atoms with Crippen LogP contribution in [0.1, 0.15) is 12.0 Å². The lowest BCUT2D eigenvalue weighted by Gasteiger charge is -2.44. The van der Waals surface area contributed by atoms with Crippen LogP contribution in [-0.2, 0) is 10.3 Å². The number of nitrogen functional groups attached to an aromatic ring is 1. The van der Waals surface area contributed by atoms with Crippen LogP contribution >= 0.6 is 11.8 Å². The molecule has 0 bridgehead atoms. The number of nitrogens with zero attached hydrogens (tertiary/aromatic N) is 1. The van der Waals surface area contributed by atoms with Gasteiger partial charge in [0.05, 0.1) is 12.1 Å². The van der Waals surface area contributed by atoms with E-state index in [4.69, 9.17) is 20.6 Å². The second-order valence-electron chi connectivity index (χ2n) is 5.23. The molecule has 112 valence electrons. The van der Waals surface area contributed by atoms with Crippen LogP contribution in [0.4, 0.5) is 10.5 Å². The Hall–Kier alpha value is -1.73. The summed E-state index contributed by atoms with van der Waals surface area (Å²) in [5, 5.41) is 11.7. The molecule has 0 spiro atoms. The van der Waals surface area contributed by atoms with Crippen LogP contribution in [0.5, 0.6) is 0 Å². The normalized spacial score (nSPS) is 28.4.